The molecule has 0 aromatic carbocycles. The molecule has 15 heavy (non-hydrogen) atoms. The van der Waals surface area contributed by atoms with E-state index in [0.717, 1.165) is 11.8 Å². The van der Waals surface area contributed by atoms with Gasteiger partial charge in [-0.3, -0.25) is 9.59 Å². The molecule has 1 heterocycles. The van der Waals surface area contributed by atoms with Crippen LogP contribution in [0.25, 0.3) is 0 Å². The molecule has 1 aromatic rings. The first kappa shape index (κ1) is 11.4. The number of rotatable bonds is 1. The number of carbonyl (C=O) groups excluding carboxylic acids is 1. The van der Waals surface area contributed by atoms with Crippen LogP contribution in [0.1, 0.15) is 12.5 Å². The van der Waals surface area contributed by atoms with Gasteiger partial charge < -0.3 is 10.7 Å². The van der Waals surface area contributed by atoms with Gasteiger partial charge in [-0.15, -0.1) is 0 Å². The van der Waals surface area contributed by atoms with Gasteiger partial charge >= 0.3 is 0 Å². The first-order valence-corrected chi connectivity index (χ1v) is 5.18. The Morgan fingerprint density at radius 3 is 3.00 bits per heavy atom. The summed E-state index contributed by atoms with van der Waals surface area (Å²) >= 11 is 1.14. The van der Waals surface area contributed by atoms with Crippen molar-refractivity contribution in [2.75, 3.05) is 11.5 Å². The molecule has 4 nitrogen and oxygen atoms in total. The van der Waals surface area contributed by atoms with Crippen molar-refractivity contribution in [2.24, 2.45) is 0 Å². The van der Waals surface area contributed by atoms with Gasteiger partial charge in [0.25, 0.3) is 5.56 Å². The van der Waals surface area contributed by atoms with Crippen molar-refractivity contribution >= 4 is 22.6 Å². The molecule has 0 aliphatic rings. The van der Waals surface area contributed by atoms with Crippen LogP contribution >= 0.6 is 11.8 Å². The summed E-state index contributed by atoms with van der Waals surface area (Å²) in [7, 11) is 0. The molecule has 1 rings (SSSR count). The van der Waals surface area contributed by atoms with Crippen LogP contribution < -0.4 is 11.3 Å². The highest BCUT2D eigenvalue weighted by Gasteiger charge is 1.94. The highest BCUT2D eigenvalue weighted by atomic mass is 32.2. The normalized spacial score (nSPS) is 9.13. The number of nitrogens with one attached hydrogen (secondary N) is 1. The number of thioether (sulfide) groups is 1. The molecular formula is C10H10N2O2S. The van der Waals surface area contributed by atoms with Crippen LogP contribution in [0.5, 0.6) is 0 Å². The van der Waals surface area contributed by atoms with E-state index in [-0.39, 0.29) is 16.4 Å². The number of pyridine rings is 1. The van der Waals surface area contributed by atoms with Gasteiger partial charge in [-0.05, 0) is 6.07 Å². The van der Waals surface area contributed by atoms with Crippen LogP contribution in [0.3, 0.4) is 0 Å². The molecule has 78 valence electrons. The number of nitrogens with two attached hydrogens (primary N) is 1. The van der Waals surface area contributed by atoms with E-state index in [2.05, 4.69) is 16.8 Å². The summed E-state index contributed by atoms with van der Waals surface area (Å²) in [6, 6.07) is 1.50. The van der Waals surface area contributed by atoms with Gasteiger partial charge in [-0.25, -0.2) is 0 Å². The van der Waals surface area contributed by atoms with Crippen LogP contribution in [0, 0.1) is 11.8 Å². The molecule has 0 saturated carbocycles. The topological polar surface area (TPSA) is 76.0 Å². The van der Waals surface area contributed by atoms with Crippen molar-refractivity contribution < 1.29 is 4.79 Å². The molecule has 0 unspecified atom stereocenters. The van der Waals surface area contributed by atoms with Crippen LogP contribution in [-0.2, 0) is 4.79 Å². The van der Waals surface area contributed by atoms with E-state index < -0.39 is 0 Å². The number of anilines is 1. The third-order valence-electron chi connectivity index (χ3n) is 1.51. The lowest BCUT2D eigenvalue weighted by atomic mass is 10.3. The van der Waals surface area contributed by atoms with Gasteiger partial charge in [0.1, 0.15) is 0 Å². The monoisotopic (exact) mass is 222 g/mol. The molecule has 3 N–H and O–H groups in total. The first-order valence-electron chi connectivity index (χ1n) is 4.20. The van der Waals surface area contributed by atoms with E-state index in [1.54, 1.807) is 0 Å². The van der Waals surface area contributed by atoms with E-state index in [1.165, 1.54) is 19.2 Å². The number of carbonyl (C=O) groups is 1. The molecule has 1 aromatic heterocycles. The van der Waals surface area contributed by atoms with Gasteiger partial charge in [0, 0.05) is 18.7 Å². The van der Waals surface area contributed by atoms with E-state index in [0.29, 0.717) is 11.3 Å². The van der Waals surface area contributed by atoms with Crippen LogP contribution in [-0.4, -0.2) is 15.9 Å². The average molecular weight is 222 g/mol. The predicted octanol–water partition coefficient (Wildman–Crippen LogP) is 0.588. The fourth-order valence-electron chi connectivity index (χ4n) is 0.849. The molecule has 0 amide bonds. The Morgan fingerprint density at radius 2 is 2.40 bits per heavy atom. The van der Waals surface area contributed by atoms with E-state index in [4.69, 9.17) is 5.73 Å². The Bertz CT molecular complexity index is 482. The highest BCUT2D eigenvalue weighted by molar-refractivity contribution is 8.13. The first-order chi connectivity index (χ1) is 7.09. The summed E-state index contributed by atoms with van der Waals surface area (Å²) in [5, 5.41) is 0.0327. The van der Waals surface area contributed by atoms with Gasteiger partial charge in [0.2, 0.25) is 0 Å². The smallest absolute Gasteiger partial charge is 0.271 e. The molecule has 0 saturated heterocycles. The lowest BCUT2D eigenvalue weighted by Crippen LogP contribution is -2.10. The maximum atomic E-state index is 10.9. The number of hydrogen-bond acceptors (Lipinski definition) is 4. The Balaban J connectivity index is 2.68. The molecule has 0 spiro atoms. The van der Waals surface area contributed by atoms with E-state index >= 15 is 0 Å². The Hall–Kier alpha value is -1.67. The quantitative estimate of drug-likeness (QED) is 0.682. The second-order valence-corrected chi connectivity index (χ2v) is 3.91. The zero-order chi connectivity index (χ0) is 11.3. The number of nitrogen functional groups attached to an aromatic ring is 1. The summed E-state index contributed by atoms with van der Waals surface area (Å²) in [6.45, 7) is 1.49. The van der Waals surface area contributed by atoms with Gasteiger partial charge in [0.05, 0.1) is 11.4 Å². The van der Waals surface area contributed by atoms with Crippen LogP contribution in [0.2, 0.25) is 0 Å². The van der Waals surface area contributed by atoms with Crippen LogP contribution in [0.4, 0.5) is 5.69 Å². The van der Waals surface area contributed by atoms with Gasteiger partial charge in [-0.2, -0.15) is 0 Å². The van der Waals surface area contributed by atoms with E-state index in [1.807, 2.05) is 0 Å². The SMILES string of the molecule is CC(=O)SCC#Cc1c[nH]c(=O)c(N)c1. The third kappa shape index (κ3) is 3.92. The van der Waals surface area contributed by atoms with Crippen molar-refractivity contribution in [2.45, 2.75) is 6.92 Å². The summed E-state index contributed by atoms with van der Waals surface area (Å²) in [5.41, 5.74) is 5.86. The molecular weight excluding hydrogens is 212 g/mol. The zero-order valence-corrected chi connectivity index (χ0v) is 8.98. The highest BCUT2D eigenvalue weighted by Crippen LogP contribution is 2.00. The summed E-state index contributed by atoms with van der Waals surface area (Å²) < 4.78 is 0. The van der Waals surface area contributed by atoms with Gasteiger partial charge in [-0.1, -0.05) is 23.6 Å². The largest absolute Gasteiger partial charge is 0.394 e. The zero-order valence-electron chi connectivity index (χ0n) is 8.16. The van der Waals surface area contributed by atoms with Crippen molar-refractivity contribution in [3.63, 3.8) is 0 Å². The van der Waals surface area contributed by atoms with Gasteiger partial charge in [0.15, 0.2) is 5.12 Å². The maximum Gasteiger partial charge on any atom is 0.271 e. The summed E-state index contributed by atoms with van der Waals surface area (Å²) in [5.74, 6) is 6.03. The third-order valence-corrected chi connectivity index (χ3v) is 2.21. The lowest BCUT2D eigenvalue weighted by molar-refractivity contribution is -0.109. The minimum Gasteiger partial charge on any atom is -0.394 e. The minimum atomic E-state index is -0.321. The predicted molar refractivity (Wildman–Crippen MR) is 61.5 cm³/mol. The standard InChI is InChI=1S/C10H10N2O2S/c1-7(13)15-4-2-3-8-5-9(11)10(14)12-6-8/h5-6H,4,11H2,1H3,(H,12,14). The van der Waals surface area contributed by atoms with Crippen LogP contribution in [0.15, 0.2) is 17.1 Å². The molecule has 0 aliphatic carbocycles. The molecule has 0 fully saturated rings. The van der Waals surface area contributed by atoms with Crippen molar-refractivity contribution in [1.29, 1.82) is 0 Å². The van der Waals surface area contributed by atoms with Crippen molar-refractivity contribution in [3.8, 4) is 11.8 Å². The summed E-state index contributed by atoms with van der Waals surface area (Å²) in [4.78, 5) is 24.0. The fourth-order valence-corrected chi connectivity index (χ4v) is 1.20. The Labute approximate surface area is 91.3 Å². The molecule has 0 atom stereocenters. The van der Waals surface area contributed by atoms with E-state index in [9.17, 15) is 9.59 Å². The molecule has 0 bridgehead atoms. The second kappa shape index (κ2) is 5.27. The Kier molecular flexibility index (Phi) is 4.01. The number of aromatic amines is 1. The summed E-state index contributed by atoms with van der Waals surface area (Å²) in [6.07, 6.45) is 1.49. The molecule has 0 aliphatic heterocycles. The molecule has 0 radical (unpaired) electrons. The second-order valence-electron chi connectivity index (χ2n) is 2.75. The number of H-pyrrole nitrogens is 1. The minimum absolute atomic E-state index is 0.0327. The average Bonchev–Trinajstić information content (AvgIpc) is 2.18. The molecule has 5 heteroatoms. The van der Waals surface area contributed by atoms with Crippen molar-refractivity contribution in [1.82, 2.24) is 4.98 Å². The van der Waals surface area contributed by atoms with Crippen molar-refractivity contribution in [3.05, 3.63) is 28.2 Å². The Morgan fingerprint density at radius 1 is 1.67 bits per heavy atom. The maximum absolute atomic E-state index is 10.9. The number of aromatic nitrogens is 1. The fraction of sp³-hybridized carbons (Fsp3) is 0.200. The lowest BCUT2D eigenvalue weighted by Gasteiger charge is -1.92. The number of hydrogen-bond donors (Lipinski definition) is 2.